The third-order valence-electron chi connectivity index (χ3n) is 3.98. The average Bonchev–Trinajstić information content (AvgIpc) is 2.41. The molecule has 4 heteroatoms. The number of amidine groups is 1. The molecule has 0 saturated carbocycles. The Labute approximate surface area is 115 Å². The van der Waals surface area contributed by atoms with E-state index in [1.54, 1.807) is 0 Å². The number of nitrogens with zero attached hydrogens (tertiary/aromatic N) is 2. The van der Waals surface area contributed by atoms with Crippen LogP contribution in [0.25, 0.3) is 0 Å². The summed E-state index contributed by atoms with van der Waals surface area (Å²) in [4.78, 5) is 4.94. The molecule has 3 N–H and O–H groups in total. The van der Waals surface area contributed by atoms with Crippen LogP contribution in [0.5, 0.6) is 0 Å². The topological polar surface area (TPSA) is 56.4 Å². The van der Waals surface area contributed by atoms with Gasteiger partial charge in [-0.1, -0.05) is 25.1 Å². The highest BCUT2D eigenvalue weighted by atomic mass is 15.3. The zero-order valence-electron chi connectivity index (χ0n) is 11.9. The molecule has 1 aliphatic heterocycles. The first-order valence-corrected chi connectivity index (χ1v) is 6.96. The Bertz CT molecular complexity index is 444. The van der Waals surface area contributed by atoms with Gasteiger partial charge in [0, 0.05) is 37.8 Å². The molecule has 1 atom stereocenters. The Kier molecular flexibility index (Phi) is 4.56. The normalized spacial score (nSPS) is 21.5. The zero-order valence-corrected chi connectivity index (χ0v) is 11.9. The van der Waals surface area contributed by atoms with E-state index >= 15 is 0 Å². The van der Waals surface area contributed by atoms with Crippen LogP contribution in [0.15, 0.2) is 24.3 Å². The van der Waals surface area contributed by atoms with Crippen molar-refractivity contribution in [1.29, 1.82) is 5.41 Å². The summed E-state index contributed by atoms with van der Waals surface area (Å²) in [6, 6.07) is 8.68. The smallest absolute Gasteiger partial charge is 0.122 e. The third kappa shape index (κ3) is 3.55. The summed E-state index contributed by atoms with van der Waals surface area (Å²) >= 11 is 0. The molecule has 1 aromatic rings. The maximum absolute atomic E-state index is 7.50. The highest BCUT2D eigenvalue weighted by Gasteiger charge is 2.22. The molecule has 4 nitrogen and oxygen atoms in total. The fourth-order valence-electron chi connectivity index (χ4n) is 2.69. The lowest BCUT2D eigenvalue weighted by Crippen LogP contribution is -2.50. The van der Waals surface area contributed by atoms with E-state index in [0.717, 1.165) is 31.7 Å². The minimum atomic E-state index is 0.145. The van der Waals surface area contributed by atoms with Crippen molar-refractivity contribution in [1.82, 2.24) is 9.80 Å². The van der Waals surface area contributed by atoms with Gasteiger partial charge in [0.25, 0.3) is 0 Å². The van der Waals surface area contributed by atoms with E-state index in [1.807, 2.05) is 18.2 Å². The number of piperazine rings is 1. The number of benzene rings is 1. The van der Waals surface area contributed by atoms with Gasteiger partial charge in [0.1, 0.15) is 5.84 Å². The summed E-state index contributed by atoms with van der Waals surface area (Å²) < 4.78 is 0. The van der Waals surface area contributed by atoms with Crippen LogP contribution in [-0.4, -0.2) is 48.4 Å². The van der Waals surface area contributed by atoms with Crippen molar-refractivity contribution < 1.29 is 0 Å². The largest absolute Gasteiger partial charge is 0.384 e. The lowest BCUT2D eigenvalue weighted by atomic mass is 10.1. The van der Waals surface area contributed by atoms with Crippen molar-refractivity contribution in [3.8, 4) is 0 Å². The number of rotatable bonds is 4. The van der Waals surface area contributed by atoms with Gasteiger partial charge in [-0.15, -0.1) is 0 Å². The summed E-state index contributed by atoms with van der Waals surface area (Å²) in [6.07, 6.45) is 1.19. The van der Waals surface area contributed by atoms with Crippen LogP contribution >= 0.6 is 0 Å². The van der Waals surface area contributed by atoms with E-state index < -0.39 is 0 Å². The van der Waals surface area contributed by atoms with Gasteiger partial charge in [-0.05, 0) is 25.1 Å². The van der Waals surface area contributed by atoms with Crippen molar-refractivity contribution in [2.45, 2.75) is 25.9 Å². The number of nitrogens with two attached hydrogens (primary N) is 1. The second kappa shape index (κ2) is 6.17. The molecular formula is C15H24N4. The molecule has 1 unspecified atom stereocenters. The monoisotopic (exact) mass is 260 g/mol. The summed E-state index contributed by atoms with van der Waals surface area (Å²) in [6.45, 7) is 6.56. The zero-order chi connectivity index (χ0) is 13.8. The fraction of sp³-hybridized carbons (Fsp3) is 0.533. The molecule has 104 valence electrons. The Hall–Kier alpha value is -1.39. The minimum absolute atomic E-state index is 0.145. The lowest BCUT2D eigenvalue weighted by Gasteiger charge is -2.39. The Morgan fingerprint density at radius 3 is 2.89 bits per heavy atom. The first kappa shape index (κ1) is 14.0. The van der Waals surface area contributed by atoms with Crippen molar-refractivity contribution in [2.24, 2.45) is 5.73 Å². The van der Waals surface area contributed by atoms with E-state index in [-0.39, 0.29) is 5.84 Å². The SMILES string of the molecule is CCC1CN(Cc2cccc(C(=N)N)c2)CCN1C. The predicted octanol–water partition coefficient (Wildman–Crippen LogP) is 1.50. The second-order valence-electron chi connectivity index (χ2n) is 5.39. The van der Waals surface area contributed by atoms with E-state index in [4.69, 9.17) is 11.1 Å². The van der Waals surface area contributed by atoms with E-state index in [1.165, 1.54) is 12.0 Å². The summed E-state index contributed by atoms with van der Waals surface area (Å²) in [5.41, 5.74) is 7.60. The van der Waals surface area contributed by atoms with Crippen molar-refractivity contribution in [2.75, 3.05) is 26.7 Å². The predicted molar refractivity (Wildman–Crippen MR) is 79.4 cm³/mol. The van der Waals surface area contributed by atoms with Crippen molar-refractivity contribution in [3.05, 3.63) is 35.4 Å². The molecule has 0 aromatic heterocycles. The standard InChI is InChI=1S/C15H24N4/c1-3-14-11-19(8-7-18(14)2)10-12-5-4-6-13(9-12)15(16)17/h4-6,9,14H,3,7-8,10-11H2,1-2H3,(H3,16,17). The Morgan fingerprint density at radius 2 is 2.21 bits per heavy atom. The molecule has 1 saturated heterocycles. The first-order chi connectivity index (χ1) is 9.10. The van der Waals surface area contributed by atoms with Crippen LogP contribution in [0.1, 0.15) is 24.5 Å². The van der Waals surface area contributed by atoms with Gasteiger partial charge in [-0.25, -0.2) is 0 Å². The molecule has 0 aliphatic carbocycles. The van der Waals surface area contributed by atoms with Crippen LogP contribution in [-0.2, 0) is 6.54 Å². The maximum atomic E-state index is 7.50. The lowest BCUT2D eigenvalue weighted by molar-refractivity contribution is 0.0884. The average molecular weight is 260 g/mol. The number of nitrogen functional groups attached to an aromatic ring is 1. The molecule has 1 fully saturated rings. The van der Waals surface area contributed by atoms with Crippen molar-refractivity contribution in [3.63, 3.8) is 0 Å². The highest BCUT2D eigenvalue weighted by Crippen LogP contribution is 2.14. The van der Waals surface area contributed by atoms with E-state index in [0.29, 0.717) is 6.04 Å². The van der Waals surface area contributed by atoms with E-state index in [2.05, 4.69) is 29.8 Å². The molecule has 0 bridgehead atoms. The number of likely N-dealkylation sites (N-methyl/N-ethyl adjacent to an activating group) is 1. The molecular weight excluding hydrogens is 236 g/mol. The Balaban J connectivity index is 2.01. The van der Waals surface area contributed by atoms with Gasteiger partial charge in [0.05, 0.1) is 0 Å². The third-order valence-corrected chi connectivity index (χ3v) is 3.98. The second-order valence-corrected chi connectivity index (χ2v) is 5.39. The van der Waals surface area contributed by atoms with Crippen LogP contribution in [0, 0.1) is 5.41 Å². The van der Waals surface area contributed by atoms with Gasteiger partial charge in [0.15, 0.2) is 0 Å². The van der Waals surface area contributed by atoms with Crippen LogP contribution in [0.3, 0.4) is 0 Å². The van der Waals surface area contributed by atoms with Gasteiger partial charge in [-0.3, -0.25) is 10.3 Å². The molecule has 0 radical (unpaired) electrons. The minimum Gasteiger partial charge on any atom is -0.384 e. The highest BCUT2D eigenvalue weighted by molar-refractivity contribution is 5.95. The summed E-state index contributed by atoms with van der Waals surface area (Å²) in [5, 5.41) is 7.50. The quantitative estimate of drug-likeness (QED) is 0.637. The molecule has 1 aromatic carbocycles. The molecule has 0 spiro atoms. The molecule has 1 heterocycles. The van der Waals surface area contributed by atoms with Gasteiger partial charge in [-0.2, -0.15) is 0 Å². The molecule has 1 aliphatic rings. The number of hydrogen-bond donors (Lipinski definition) is 2. The van der Waals surface area contributed by atoms with Crippen molar-refractivity contribution >= 4 is 5.84 Å². The molecule has 0 amide bonds. The maximum Gasteiger partial charge on any atom is 0.122 e. The van der Waals surface area contributed by atoms with Gasteiger partial charge >= 0.3 is 0 Å². The summed E-state index contributed by atoms with van der Waals surface area (Å²) in [7, 11) is 2.21. The first-order valence-electron chi connectivity index (χ1n) is 6.96. The number of hydrogen-bond acceptors (Lipinski definition) is 3. The van der Waals surface area contributed by atoms with Crippen LogP contribution in [0.4, 0.5) is 0 Å². The van der Waals surface area contributed by atoms with Crippen LogP contribution in [0.2, 0.25) is 0 Å². The van der Waals surface area contributed by atoms with Crippen LogP contribution < -0.4 is 5.73 Å². The fourth-order valence-corrected chi connectivity index (χ4v) is 2.69. The number of nitrogens with one attached hydrogen (secondary N) is 1. The molecule has 2 rings (SSSR count). The Morgan fingerprint density at radius 1 is 1.42 bits per heavy atom. The summed E-state index contributed by atoms with van der Waals surface area (Å²) in [5.74, 6) is 0.145. The molecule has 19 heavy (non-hydrogen) atoms. The van der Waals surface area contributed by atoms with E-state index in [9.17, 15) is 0 Å². The van der Waals surface area contributed by atoms with Gasteiger partial charge in [0.2, 0.25) is 0 Å². The van der Waals surface area contributed by atoms with Gasteiger partial charge < -0.3 is 10.6 Å².